The van der Waals surface area contributed by atoms with Crippen LogP contribution in [0.3, 0.4) is 0 Å². The highest BCUT2D eigenvalue weighted by Gasteiger charge is 2.27. The molecule has 14 heteroatoms. The summed E-state index contributed by atoms with van der Waals surface area (Å²) in [6.45, 7) is 0.523. The van der Waals surface area contributed by atoms with E-state index in [1.807, 2.05) is 5.48 Å². The minimum absolute atomic E-state index is 0.0319. The highest BCUT2D eigenvalue weighted by Crippen LogP contribution is 2.28. The minimum Gasteiger partial charge on any atom is -0.365 e. The molecule has 1 heterocycles. The van der Waals surface area contributed by atoms with Crippen LogP contribution >= 0.6 is 15.9 Å². The van der Waals surface area contributed by atoms with Crippen LogP contribution in [0.1, 0.15) is 31.4 Å². The summed E-state index contributed by atoms with van der Waals surface area (Å²) in [5, 5.41) is 25.1. The Morgan fingerprint density at radius 2 is 2.20 bits per heavy atom. The Labute approximate surface area is 180 Å². The van der Waals surface area contributed by atoms with Gasteiger partial charge < -0.3 is 5.32 Å². The Morgan fingerprint density at radius 3 is 2.90 bits per heavy atom. The molecular weight excluding hydrogens is 485 g/mol. The third-order valence-electron chi connectivity index (χ3n) is 4.68. The van der Waals surface area contributed by atoms with Crippen LogP contribution in [-0.4, -0.2) is 42.4 Å². The first-order valence-electron chi connectivity index (χ1n) is 9.06. The molecule has 0 amide bonds. The molecule has 30 heavy (non-hydrogen) atoms. The number of anilines is 1. The van der Waals surface area contributed by atoms with Crippen LogP contribution in [0.15, 0.2) is 32.3 Å². The molecule has 0 aliphatic heterocycles. The van der Waals surface area contributed by atoms with Crippen LogP contribution in [0.5, 0.6) is 0 Å². The number of aromatic nitrogens is 2. The van der Waals surface area contributed by atoms with Gasteiger partial charge in [-0.1, -0.05) is 0 Å². The van der Waals surface area contributed by atoms with Crippen LogP contribution in [0.4, 0.5) is 15.9 Å². The lowest BCUT2D eigenvalue weighted by Crippen LogP contribution is -2.37. The Balaban J connectivity index is 1.59. The van der Waals surface area contributed by atoms with Gasteiger partial charge in [0, 0.05) is 12.6 Å². The Hall–Kier alpha value is -2.13. The largest absolute Gasteiger partial charge is 0.365 e. The second kappa shape index (κ2) is 9.78. The molecule has 1 aliphatic carbocycles. The first-order valence-corrected chi connectivity index (χ1v) is 11.4. The van der Waals surface area contributed by atoms with Crippen molar-refractivity contribution < 1.29 is 22.6 Å². The molecule has 1 saturated carbocycles. The number of hydrogen-bond donors (Lipinski definition) is 5. The molecule has 6 N–H and O–H groups in total. The predicted octanol–water partition coefficient (Wildman–Crippen LogP) is 1.79. The van der Waals surface area contributed by atoms with Crippen molar-refractivity contribution in [1.29, 1.82) is 0 Å². The van der Waals surface area contributed by atoms with E-state index >= 15 is 0 Å². The van der Waals surface area contributed by atoms with Crippen molar-refractivity contribution in [1.82, 2.24) is 20.5 Å². The number of nitrogens with two attached hydrogens (primary N) is 1. The fraction of sp³-hybridized carbons (Fsp3) is 0.438. The van der Waals surface area contributed by atoms with Crippen molar-refractivity contribution >= 4 is 43.5 Å². The van der Waals surface area contributed by atoms with Crippen molar-refractivity contribution in [3.8, 4) is 0 Å². The van der Waals surface area contributed by atoms with Gasteiger partial charge >= 0.3 is 0 Å². The molecule has 1 aliphatic rings. The first-order chi connectivity index (χ1) is 14.2. The summed E-state index contributed by atoms with van der Waals surface area (Å²) in [5.41, 5.74) is 2.47. The van der Waals surface area contributed by atoms with Crippen LogP contribution in [0.2, 0.25) is 0 Å². The lowest BCUT2D eigenvalue weighted by atomic mass is 10.0. The van der Waals surface area contributed by atoms with Crippen molar-refractivity contribution in [2.45, 2.75) is 31.7 Å². The number of aliphatic imine (C=N–C) groups is 1. The lowest BCUT2D eigenvalue weighted by molar-refractivity contribution is 0.234. The van der Waals surface area contributed by atoms with E-state index in [1.54, 1.807) is 0 Å². The van der Waals surface area contributed by atoms with E-state index in [0.717, 1.165) is 19.3 Å². The zero-order valence-corrected chi connectivity index (χ0v) is 18.1. The molecule has 0 spiro atoms. The van der Waals surface area contributed by atoms with E-state index in [2.05, 4.69) is 41.3 Å². The van der Waals surface area contributed by atoms with Gasteiger partial charge in [-0.2, -0.15) is 13.1 Å². The van der Waals surface area contributed by atoms with Gasteiger partial charge in [0.25, 0.3) is 10.2 Å². The quantitative estimate of drug-likeness (QED) is 0.205. The fourth-order valence-electron chi connectivity index (χ4n) is 3.35. The maximum Gasteiger partial charge on any atom is 0.274 e. The van der Waals surface area contributed by atoms with Gasteiger partial charge in [0.15, 0.2) is 11.5 Å². The van der Waals surface area contributed by atoms with Gasteiger partial charge in [-0.3, -0.25) is 10.7 Å². The predicted molar refractivity (Wildman–Crippen MR) is 110 cm³/mol. The normalized spacial score (nSPS) is 19.8. The fourth-order valence-corrected chi connectivity index (χ4v) is 4.39. The van der Waals surface area contributed by atoms with Crippen LogP contribution in [0, 0.1) is 11.7 Å². The third-order valence-corrected chi connectivity index (χ3v) is 5.95. The van der Waals surface area contributed by atoms with Gasteiger partial charge in [-0.05, 0) is 76.0 Å². The van der Waals surface area contributed by atoms with Crippen LogP contribution < -0.4 is 20.7 Å². The van der Waals surface area contributed by atoms with Gasteiger partial charge in [-0.15, -0.1) is 0 Å². The number of nitrogens with one attached hydrogen (secondary N) is 3. The third kappa shape index (κ3) is 6.18. The van der Waals surface area contributed by atoms with Crippen LogP contribution in [0.25, 0.3) is 0 Å². The molecule has 3 rings (SSSR count). The topological polar surface area (TPSA) is 168 Å². The standard InChI is InChI=1S/C16H21BrFN7O4S/c17-12-8-10(3-4-13(12)18)21-16(22-26)14-15(24-29-23-14)20-6-5-9-1-2-11(7-9)25-30(19,27)28/h3-4,8-9,11,25-26H,1-2,5-7H2,(H,20,24)(H,21,22)(H2,19,27,28). The van der Waals surface area contributed by atoms with Gasteiger partial charge in [0.1, 0.15) is 5.82 Å². The Kier molecular flexibility index (Phi) is 7.36. The average molecular weight is 506 g/mol. The van der Waals surface area contributed by atoms with Gasteiger partial charge in [0.05, 0.1) is 10.2 Å². The maximum atomic E-state index is 13.4. The number of rotatable bonds is 8. The highest BCUT2D eigenvalue weighted by atomic mass is 79.9. The van der Waals surface area contributed by atoms with Crippen molar-refractivity contribution in [3.63, 3.8) is 0 Å². The lowest BCUT2D eigenvalue weighted by Gasteiger charge is -2.12. The monoisotopic (exact) mass is 505 g/mol. The molecule has 0 saturated heterocycles. The zero-order valence-electron chi connectivity index (χ0n) is 15.7. The van der Waals surface area contributed by atoms with E-state index in [0.29, 0.717) is 24.6 Å². The number of halogens is 2. The minimum atomic E-state index is -3.70. The molecular formula is C16H21BrFN7O4S. The van der Waals surface area contributed by atoms with E-state index in [4.69, 9.17) is 9.77 Å². The number of benzene rings is 1. The van der Waals surface area contributed by atoms with E-state index < -0.39 is 16.0 Å². The molecule has 0 bridgehead atoms. The summed E-state index contributed by atoms with van der Waals surface area (Å²) in [5.74, 6) is 0.122. The SMILES string of the molecule is NS(=O)(=O)NC1CCC(CCNc2nonc2C(=Nc2ccc(F)c(Br)c2)NO)C1. The summed E-state index contributed by atoms with van der Waals surface area (Å²) in [6.07, 6.45) is 3.07. The summed E-state index contributed by atoms with van der Waals surface area (Å²) >= 11 is 3.08. The van der Waals surface area contributed by atoms with E-state index in [9.17, 15) is 18.0 Å². The molecule has 0 radical (unpaired) electrons. The molecule has 2 aromatic rings. The number of hydrogen-bond acceptors (Lipinski definition) is 8. The number of nitrogens with zero attached hydrogens (tertiary/aromatic N) is 3. The summed E-state index contributed by atoms with van der Waals surface area (Å²) in [6, 6.07) is 3.96. The first kappa shape index (κ1) is 22.6. The highest BCUT2D eigenvalue weighted by molar-refractivity contribution is 9.10. The molecule has 1 aromatic heterocycles. The van der Waals surface area contributed by atoms with Crippen LogP contribution in [-0.2, 0) is 10.2 Å². The number of amidine groups is 1. The number of hydroxylamine groups is 1. The molecule has 2 atom stereocenters. The van der Waals surface area contributed by atoms with E-state index in [1.165, 1.54) is 18.2 Å². The molecule has 164 valence electrons. The van der Waals surface area contributed by atoms with Gasteiger partial charge in [0.2, 0.25) is 5.82 Å². The second-order valence-corrected chi connectivity index (χ2v) is 9.07. The summed E-state index contributed by atoms with van der Waals surface area (Å²) in [7, 11) is -3.70. The molecule has 2 unspecified atom stereocenters. The van der Waals surface area contributed by atoms with Crippen molar-refractivity contribution in [2.75, 3.05) is 11.9 Å². The molecule has 1 aromatic carbocycles. The smallest absolute Gasteiger partial charge is 0.274 e. The average Bonchev–Trinajstić information content (AvgIpc) is 3.31. The summed E-state index contributed by atoms with van der Waals surface area (Å²) < 4.78 is 43.0. The zero-order chi connectivity index (χ0) is 21.7. The second-order valence-electron chi connectivity index (χ2n) is 6.89. The van der Waals surface area contributed by atoms with E-state index in [-0.39, 0.29) is 27.9 Å². The molecule has 11 nitrogen and oxygen atoms in total. The van der Waals surface area contributed by atoms with Gasteiger partial charge in [-0.25, -0.2) is 19.2 Å². The summed E-state index contributed by atoms with van der Waals surface area (Å²) in [4.78, 5) is 4.19. The molecule has 1 fully saturated rings. The Bertz CT molecular complexity index is 1020. The van der Waals surface area contributed by atoms with Crippen molar-refractivity contribution in [3.05, 3.63) is 34.2 Å². The Morgan fingerprint density at radius 1 is 1.40 bits per heavy atom. The maximum absolute atomic E-state index is 13.4. The van der Waals surface area contributed by atoms with Crippen molar-refractivity contribution in [2.24, 2.45) is 16.0 Å².